The first-order valence-electron chi connectivity index (χ1n) is 13.7. The van der Waals surface area contributed by atoms with E-state index in [4.69, 9.17) is 14.6 Å². The minimum atomic E-state index is 0. The molecule has 0 bridgehead atoms. The summed E-state index contributed by atoms with van der Waals surface area (Å²) in [6, 6.07) is 25.6. The van der Waals surface area contributed by atoms with Crippen LogP contribution < -0.4 is 14.8 Å². The Bertz CT molecular complexity index is 1580. The number of unbranched alkanes of at least 4 members (excludes halogenated alkanes) is 3. The van der Waals surface area contributed by atoms with Gasteiger partial charge in [0, 0.05) is 37.9 Å². The highest BCUT2D eigenvalue weighted by molar-refractivity contribution is 5.66. The summed E-state index contributed by atoms with van der Waals surface area (Å²) in [5.74, 6) is 8.52. The van der Waals surface area contributed by atoms with E-state index in [9.17, 15) is 0 Å². The Hall–Kier alpha value is -4.83. The maximum absolute atomic E-state index is 6.01. The Labute approximate surface area is 236 Å². The van der Waals surface area contributed by atoms with Gasteiger partial charge in [0.25, 0.3) is 0 Å². The summed E-state index contributed by atoms with van der Waals surface area (Å²) in [6.07, 6.45) is 8.89. The second-order valence-corrected chi connectivity index (χ2v) is 9.35. The Morgan fingerprint density at radius 1 is 0.850 bits per heavy atom. The molecule has 5 aromatic rings. The van der Waals surface area contributed by atoms with E-state index in [-0.39, 0.29) is 1.43 Å². The van der Waals surface area contributed by atoms with Gasteiger partial charge in [0.2, 0.25) is 5.95 Å². The summed E-state index contributed by atoms with van der Waals surface area (Å²) in [6.45, 7) is 3.26. The SMILES string of the molecule is CCCCCC#CCCOc1ccc(Nc2nc3cccc(-c4cccc(OCc5ccncc5)c4)n3n2)cc1.[HH]. The molecule has 7 heteroatoms. The minimum Gasteiger partial charge on any atom is -0.493 e. The largest absolute Gasteiger partial charge is 0.493 e. The molecule has 1 N–H and O–H groups in total. The average Bonchev–Trinajstić information content (AvgIpc) is 3.41. The van der Waals surface area contributed by atoms with Crippen molar-refractivity contribution in [1.82, 2.24) is 19.6 Å². The van der Waals surface area contributed by atoms with E-state index in [1.54, 1.807) is 12.4 Å². The standard InChI is InChI=1S/C33H33N5O2.H2/c1-2-3-4-5-6-7-8-23-39-29-17-15-28(16-18-29)35-33-36-32-14-10-13-31(38(32)37-33)27-11-9-12-30(24-27)40-25-26-19-21-34-22-20-26;/h9-22,24H,2-5,8,23,25H2,1H3,(H,35,37);1H. The van der Waals surface area contributed by atoms with Crippen molar-refractivity contribution in [1.29, 1.82) is 0 Å². The number of hydrogen-bond acceptors (Lipinski definition) is 6. The van der Waals surface area contributed by atoms with E-state index in [0.717, 1.165) is 52.5 Å². The number of rotatable bonds is 12. The molecule has 0 amide bonds. The smallest absolute Gasteiger partial charge is 0.247 e. The molecule has 0 radical (unpaired) electrons. The van der Waals surface area contributed by atoms with Crippen LogP contribution in [0.4, 0.5) is 11.6 Å². The first kappa shape index (κ1) is 26.8. The molecule has 0 spiro atoms. The van der Waals surface area contributed by atoms with E-state index >= 15 is 0 Å². The van der Waals surface area contributed by atoms with E-state index < -0.39 is 0 Å². The third-order valence-electron chi connectivity index (χ3n) is 6.28. The molecule has 0 aliphatic rings. The Kier molecular flexibility index (Phi) is 9.24. The van der Waals surface area contributed by atoms with Crippen molar-refractivity contribution >= 4 is 17.3 Å². The Morgan fingerprint density at radius 3 is 2.52 bits per heavy atom. The van der Waals surface area contributed by atoms with Crippen LogP contribution in [-0.2, 0) is 6.61 Å². The van der Waals surface area contributed by atoms with Gasteiger partial charge in [-0.3, -0.25) is 4.98 Å². The third-order valence-corrected chi connectivity index (χ3v) is 6.28. The summed E-state index contributed by atoms with van der Waals surface area (Å²) >= 11 is 0. The van der Waals surface area contributed by atoms with Crippen molar-refractivity contribution in [3.8, 4) is 34.6 Å². The summed E-state index contributed by atoms with van der Waals surface area (Å²) in [7, 11) is 0. The molecule has 7 nitrogen and oxygen atoms in total. The van der Waals surface area contributed by atoms with Gasteiger partial charge in [-0.05, 0) is 72.6 Å². The molecule has 0 aliphatic heterocycles. The first-order chi connectivity index (χ1) is 19.8. The molecule has 2 aromatic carbocycles. The lowest BCUT2D eigenvalue weighted by Crippen LogP contribution is -1.98. The lowest BCUT2D eigenvalue weighted by molar-refractivity contribution is 0.306. The fourth-order valence-electron chi connectivity index (χ4n) is 4.19. The third kappa shape index (κ3) is 7.39. The molecule has 0 saturated heterocycles. The van der Waals surface area contributed by atoms with Crippen molar-refractivity contribution in [2.45, 2.75) is 45.6 Å². The highest BCUT2D eigenvalue weighted by Gasteiger charge is 2.10. The fourth-order valence-corrected chi connectivity index (χ4v) is 4.19. The van der Waals surface area contributed by atoms with Gasteiger partial charge in [0.05, 0.1) is 12.3 Å². The number of nitrogens with one attached hydrogen (secondary N) is 1. The number of ether oxygens (including phenoxy) is 2. The van der Waals surface area contributed by atoms with Crippen LogP contribution in [0.1, 0.15) is 46.0 Å². The zero-order chi connectivity index (χ0) is 27.4. The molecule has 0 saturated carbocycles. The molecule has 0 aliphatic carbocycles. The Balaban J connectivity index is 0.00000387. The van der Waals surface area contributed by atoms with Crippen molar-refractivity contribution in [2.24, 2.45) is 0 Å². The topological polar surface area (TPSA) is 73.6 Å². The fraction of sp³-hybridized carbons (Fsp3) is 0.242. The van der Waals surface area contributed by atoms with Gasteiger partial charge in [-0.2, -0.15) is 4.98 Å². The van der Waals surface area contributed by atoms with Crippen LogP contribution in [0.15, 0.2) is 91.3 Å². The molecule has 40 heavy (non-hydrogen) atoms. The average molecular weight is 534 g/mol. The number of benzene rings is 2. The predicted molar refractivity (Wildman–Crippen MR) is 161 cm³/mol. The van der Waals surface area contributed by atoms with Crippen molar-refractivity contribution in [3.63, 3.8) is 0 Å². The summed E-state index contributed by atoms with van der Waals surface area (Å²) in [5, 5.41) is 8.03. The van der Waals surface area contributed by atoms with E-state index in [1.165, 1.54) is 19.3 Å². The number of pyridine rings is 2. The van der Waals surface area contributed by atoms with Gasteiger partial charge >= 0.3 is 0 Å². The zero-order valence-corrected chi connectivity index (χ0v) is 22.7. The van der Waals surface area contributed by atoms with E-state index in [2.05, 4.69) is 34.0 Å². The van der Waals surface area contributed by atoms with Gasteiger partial charge in [0.15, 0.2) is 5.65 Å². The summed E-state index contributed by atoms with van der Waals surface area (Å²) < 4.78 is 13.7. The highest BCUT2D eigenvalue weighted by Crippen LogP contribution is 2.26. The second-order valence-electron chi connectivity index (χ2n) is 9.35. The van der Waals surface area contributed by atoms with Crippen LogP contribution in [-0.4, -0.2) is 26.2 Å². The quantitative estimate of drug-likeness (QED) is 0.131. The van der Waals surface area contributed by atoms with E-state index in [0.29, 0.717) is 19.2 Å². The molecular weight excluding hydrogens is 498 g/mol. The van der Waals surface area contributed by atoms with Crippen LogP contribution in [0.3, 0.4) is 0 Å². The molecule has 5 rings (SSSR count). The van der Waals surface area contributed by atoms with Crippen LogP contribution in [0, 0.1) is 11.8 Å². The zero-order valence-electron chi connectivity index (χ0n) is 22.7. The van der Waals surface area contributed by atoms with Crippen LogP contribution >= 0.6 is 0 Å². The molecular formula is C33H35N5O2. The van der Waals surface area contributed by atoms with Crippen molar-refractivity contribution in [2.75, 3.05) is 11.9 Å². The second kappa shape index (κ2) is 13.8. The predicted octanol–water partition coefficient (Wildman–Crippen LogP) is 7.71. The van der Waals surface area contributed by atoms with Crippen LogP contribution in [0.5, 0.6) is 11.5 Å². The van der Waals surface area contributed by atoms with Crippen molar-refractivity contribution < 1.29 is 10.9 Å². The van der Waals surface area contributed by atoms with Crippen LogP contribution in [0.25, 0.3) is 16.9 Å². The lowest BCUT2D eigenvalue weighted by Gasteiger charge is -2.09. The molecule has 3 aromatic heterocycles. The number of aromatic nitrogens is 4. The van der Waals surface area contributed by atoms with Gasteiger partial charge < -0.3 is 14.8 Å². The van der Waals surface area contributed by atoms with E-state index in [1.807, 2.05) is 83.4 Å². The van der Waals surface area contributed by atoms with Gasteiger partial charge in [0.1, 0.15) is 18.1 Å². The first-order valence-corrected chi connectivity index (χ1v) is 13.7. The van der Waals surface area contributed by atoms with Gasteiger partial charge in [-0.1, -0.05) is 43.9 Å². The maximum atomic E-state index is 6.01. The Morgan fingerprint density at radius 2 is 1.68 bits per heavy atom. The molecule has 3 heterocycles. The number of fused-ring (bicyclic) bond motifs is 1. The van der Waals surface area contributed by atoms with Crippen molar-refractivity contribution in [3.05, 3.63) is 96.8 Å². The number of anilines is 2. The maximum Gasteiger partial charge on any atom is 0.247 e. The highest BCUT2D eigenvalue weighted by atomic mass is 16.5. The lowest BCUT2D eigenvalue weighted by atomic mass is 10.1. The molecule has 0 unspecified atom stereocenters. The number of hydrogen-bond donors (Lipinski definition) is 1. The normalized spacial score (nSPS) is 10.6. The summed E-state index contributed by atoms with van der Waals surface area (Å²) in [4.78, 5) is 8.72. The van der Waals surface area contributed by atoms with Gasteiger partial charge in [-0.25, -0.2) is 4.52 Å². The van der Waals surface area contributed by atoms with Gasteiger partial charge in [-0.15, -0.1) is 11.0 Å². The van der Waals surface area contributed by atoms with Crippen LogP contribution in [0.2, 0.25) is 0 Å². The summed E-state index contributed by atoms with van der Waals surface area (Å²) in [5.41, 5.74) is 4.61. The number of nitrogens with zero attached hydrogens (tertiary/aromatic N) is 4. The molecule has 0 fully saturated rings. The molecule has 204 valence electrons. The molecule has 0 atom stereocenters. The monoisotopic (exact) mass is 533 g/mol. The minimum absolute atomic E-state index is 0.